The summed E-state index contributed by atoms with van der Waals surface area (Å²) in [5, 5.41) is 6.20. The van der Waals surface area contributed by atoms with E-state index in [1.807, 2.05) is 32.9 Å². The third-order valence-corrected chi connectivity index (χ3v) is 4.08. The van der Waals surface area contributed by atoms with Gasteiger partial charge in [-0.25, -0.2) is 4.79 Å². The molecule has 0 saturated carbocycles. The standard InChI is InChI=1S/C16H24Br2N2O2/c1-11(13-7-6-12(17)10-14(13)18)19-8-5-9-20-15(21)22-16(2,3)4/h6-7,10-11,19H,5,8-9H2,1-4H3,(H,20,21). The summed E-state index contributed by atoms with van der Waals surface area (Å²) >= 11 is 7.02. The molecule has 1 aromatic rings. The highest BCUT2D eigenvalue weighted by Gasteiger charge is 2.15. The Morgan fingerprint density at radius 1 is 1.27 bits per heavy atom. The largest absolute Gasteiger partial charge is 0.444 e. The van der Waals surface area contributed by atoms with E-state index in [1.54, 1.807) is 0 Å². The van der Waals surface area contributed by atoms with Gasteiger partial charge in [-0.1, -0.05) is 37.9 Å². The Bertz CT molecular complexity index is 501. The molecule has 22 heavy (non-hydrogen) atoms. The van der Waals surface area contributed by atoms with Crippen LogP contribution >= 0.6 is 31.9 Å². The van der Waals surface area contributed by atoms with E-state index in [1.165, 1.54) is 5.56 Å². The summed E-state index contributed by atoms with van der Waals surface area (Å²) in [6, 6.07) is 6.40. The number of alkyl carbamates (subject to hydrolysis) is 1. The normalized spacial score (nSPS) is 12.8. The summed E-state index contributed by atoms with van der Waals surface area (Å²) in [6.07, 6.45) is 0.480. The van der Waals surface area contributed by atoms with Crippen LogP contribution in [-0.2, 0) is 4.74 Å². The minimum absolute atomic E-state index is 0.240. The van der Waals surface area contributed by atoms with Gasteiger partial charge in [0.15, 0.2) is 0 Å². The van der Waals surface area contributed by atoms with Crippen molar-refractivity contribution in [1.82, 2.24) is 10.6 Å². The quantitative estimate of drug-likeness (QED) is 0.632. The van der Waals surface area contributed by atoms with Crippen LogP contribution in [0.2, 0.25) is 0 Å². The summed E-state index contributed by atoms with van der Waals surface area (Å²) < 4.78 is 7.31. The van der Waals surface area contributed by atoms with Crippen molar-refractivity contribution < 1.29 is 9.53 Å². The Morgan fingerprint density at radius 2 is 1.95 bits per heavy atom. The highest BCUT2D eigenvalue weighted by molar-refractivity contribution is 9.11. The second kappa shape index (κ2) is 8.89. The molecule has 0 saturated heterocycles. The second-order valence-corrected chi connectivity index (χ2v) is 7.89. The fourth-order valence-corrected chi connectivity index (χ4v) is 3.26. The molecule has 6 heteroatoms. The third-order valence-electron chi connectivity index (χ3n) is 2.90. The van der Waals surface area contributed by atoms with Crippen molar-refractivity contribution in [3.63, 3.8) is 0 Å². The van der Waals surface area contributed by atoms with E-state index < -0.39 is 5.60 Å². The van der Waals surface area contributed by atoms with Gasteiger partial charge in [0, 0.05) is 21.5 Å². The molecule has 1 amide bonds. The van der Waals surface area contributed by atoms with Crippen molar-refractivity contribution in [2.45, 2.75) is 45.8 Å². The Labute approximate surface area is 149 Å². The van der Waals surface area contributed by atoms with Gasteiger partial charge in [0.25, 0.3) is 0 Å². The predicted octanol–water partition coefficient (Wildman–Crippen LogP) is 4.78. The van der Waals surface area contributed by atoms with Crippen LogP contribution < -0.4 is 10.6 Å². The number of hydrogen-bond donors (Lipinski definition) is 2. The first-order valence-electron chi connectivity index (χ1n) is 7.34. The van der Waals surface area contributed by atoms with E-state index in [0.29, 0.717) is 6.54 Å². The number of benzene rings is 1. The van der Waals surface area contributed by atoms with Crippen molar-refractivity contribution >= 4 is 38.0 Å². The van der Waals surface area contributed by atoms with Crippen LogP contribution in [-0.4, -0.2) is 24.8 Å². The first-order chi connectivity index (χ1) is 10.2. The molecule has 0 heterocycles. The lowest BCUT2D eigenvalue weighted by Crippen LogP contribution is -2.34. The van der Waals surface area contributed by atoms with Gasteiger partial charge >= 0.3 is 6.09 Å². The summed E-state index contributed by atoms with van der Waals surface area (Å²) in [7, 11) is 0. The van der Waals surface area contributed by atoms with E-state index in [0.717, 1.165) is 21.9 Å². The van der Waals surface area contributed by atoms with Gasteiger partial charge in [0.05, 0.1) is 0 Å². The average molecular weight is 436 g/mol. The molecule has 0 aliphatic rings. The van der Waals surface area contributed by atoms with Crippen molar-refractivity contribution in [2.75, 3.05) is 13.1 Å². The highest BCUT2D eigenvalue weighted by Crippen LogP contribution is 2.26. The smallest absolute Gasteiger partial charge is 0.407 e. The molecule has 4 nitrogen and oxygen atoms in total. The van der Waals surface area contributed by atoms with Gasteiger partial charge in [0.2, 0.25) is 0 Å². The molecule has 124 valence electrons. The van der Waals surface area contributed by atoms with Crippen molar-refractivity contribution in [2.24, 2.45) is 0 Å². The molecule has 0 fully saturated rings. The maximum Gasteiger partial charge on any atom is 0.407 e. The SMILES string of the molecule is CC(NCCCNC(=O)OC(C)(C)C)c1ccc(Br)cc1Br. The number of carbonyl (C=O) groups is 1. The average Bonchev–Trinajstić information content (AvgIpc) is 2.35. The minimum Gasteiger partial charge on any atom is -0.444 e. The van der Waals surface area contributed by atoms with Crippen molar-refractivity contribution in [1.29, 1.82) is 0 Å². The molecule has 0 aromatic heterocycles. The third kappa shape index (κ3) is 7.61. The van der Waals surface area contributed by atoms with Crippen LogP contribution in [0.4, 0.5) is 4.79 Å². The molecule has 0 radical (unpaired) electrons. The maximum atomic E-state index is 11.5. The minimum atomic E-state index is -0.454. The number of amides is 1. The number of ether oxygens (including phenoxy) is 1. The molecule has 1 unspecified atom stereocenters. The van der Waals surface area contributed by atoms with Crippen LogP contribution in [0.15, 0.2) is 27.1 Å². The zero-order valence-electron chi connectivity index (χ0n) is 13.5. The van der Waals surface area contributed by atoms with E-state index in [9.17, 15) is 4.79 Å². The number of rotatable bonds is 6. The van der Waals surface area contributed by atoms with Gasteiger partial charge in [-0.05, 0) is 58.4 Å². The Hall–Kier alpha value is -0.590. The molecule has 2 N–H and O–H groups in total. The molecular weight excluding hydrogens is 412 g/mol. The van der Waals surface area contributed by atoms with Crippen molar-refractivity contribution in [3.8, 4) is 0 Å². The molecule has 0 aliphatic heterocycles. The fraction of sp³-hybridized carbons (Fsp3) is 0.562. The van der Waals surface area contributed by atoms with E-state index in [4.69, 9.17) is 4.74 Å². The topological polar surface area (TPSA) is 50.4 Å². The zero-order chi connectivity index (χ0) is 16.8. The molecule has 1 rings (SSSR count). The lowest BCUT2D eigenvalue weighted by atomic mass is 10.1. The van der Waals surface area contributed by atoms with Gasteiger partial charge in [-0.2, -0.15) is 0 Å². The molecular formula is C16H24Br2N2O2. The first kappa shape index (κ1) is 19.5. The number of halogens is 2. The van der Waals surface area contributed by atoms with Crippen molar-refractivity contribution in [3.05, 3.63) is 32.7 Å². The van der Waals surface area contributed by atoms with Crippen LogP contribution in [0.5, 0.6) is 0 Å². The Kier molecular flexibility index (Phi) is 7.86. The van der Waals surface area contributed by atoms with Crippen LogP contribution in [0.25, 0.3) is 0 Å². The fourth-order valence-electron chi connectivity index (χ4n) is 1.87. The zero-order valence-corrected chi connectivity index (χ0v) is 16.7. The van der Waals surface area contributed by atoms with Crippen LogP contribution in [0.3, 0.4) is 0 Å². The van der Waals surface area contributed by atoms with Gasteiger partial charge in [-0.3, -0.25) is 0 Å². The van der Waals surface area contributed by atoms with Crippen LogP contribution in [0.1, 0.15) is 45.7 Å². The first-order valence-corrected chi connectivity index (χ1v) is 8.93. The lowest BCUT2D eigenvalue weighted by Gasteiger charge is -2.20. The highest BCUT2D eigenvalue weighted by atomic mass is 79.9. The Morgan fingerprint density at radius 3 is 2.55 bits per heavy atom. The van der Waals surface area contributed by atoms with E-state index in [2.05, 4.69) is 55.5 Å². The summed E-state index contributed by atoms with van der Waals surface area (Å²) in [5.74, 6) is 0. The molecule has 0 spiro atoms. The molecule has 0 aliphatic carbocycles. The second-order valence-electron chi connectivity index (χ2n) is 6.12. The molecule has 0 bridgehead atoms. The number of hydrogen-bond acceptors (Lipinski definition) is 3. The summed E-state index contributed by atoms with van der Waals surface area (Å²) in [6.45, 7) is 9.09. The summed E-state index contributed by atoms with van der Waals surface area (Å²) in [5.41, 5.74) is 0.758. The lowest BCUT2D eigenvalue weighted by molar-refractivity contribution is 0.0527. The summed E-state index contributed by atoms with van der Waals surface area (Å²) in [4.78, 5) is 11.5. The van der Waals surface area contributed by atoms with E-state index in [-0.39, 0.29) is 12.1 Å². The predicted molar refractivity (Wildman–Crippen MR) is 97.1 cm³/mol. The Balaban J connectivity index is 2.26. The monoisotopic (exact) mass is 434 g/mol. The van der Waals surface area contributed by atoms with Gasteiger partial charge in [-0.15, -0.1) is 0 Å². The maximum absolute atomic E-state index is 11.5. The number of nitrogens with one attached hydrogen (secondary N) is 2. The molecule has 1 atom stereocenters. The molecule has 1 aromatic carbocycles. The van der Waals surface area contributed by atoms with E-state index >= 15 is 0 Å². The van der Waals surface area contributed by atoms with Gasteiger partial charge < -0.3 is 15.4 Å². The van der Waals surface area contributed by atoms with Crippen LogP contribution in [0, 0.1) is 0 Å². The van der Waals surface area contributed by atoms with Gasteiger partial charge in [0.1, 0.15) is 5.60 Å². The number of carbonyl (C=O) groups excluding carboxylic acids is 1.